The summed E-state index contributed by atoms with van der Waals surface area (Å²) in [5.41, 5.74) is 0.545. The van der Waals surface area contributed by atoms with Crippen LogP contribution >= 0.6 is 0 Å². The molecule has 1 heterocycles. The molecule has 3 aromatic rings. The minimum absolute atomic E-state index is 0.0918. The third kappa shape index (κ3) is 5.13. The van der Waals surface area contributed by atoms with Crippen LogP contribution in [0.3, 0.4) is 0 Å². The van der Waals surface area contributed by atoms with Crippen LogP contribution in [0.25, 0.3) is 0 Å². The van der Waals surface area contributed by atoms with Crippen LogP contribution < -0.4 is 10.4 Å². The first-order chi connectivity index (χ1) is 14.3. The zero-order chi connectivity index (χ0) is 21.7. The molecule has 0 fully saturated rings. The van der Waals surface area contributed by atoms with E-state index in [1.165, 1.54) is 17.3 Å². The zero-order valence-electron chi connectivity index (χ0n) is 18.3. The summed E-state index contributed by atoms with van der Waals surface area (Å²) in [6, 6.07) is 20.8. The Hall–Kier alpha value is -2.54. The Kier molecular flexibility index (Phi) is 7.02. The molecule has 0 aliphatic heterocycles. The van der Waals surface area contributed by atoms with E-state index in [9.17, 15) is 4.79 Å². The van der Waals surface area contributed by atoms with E-state index >= 15 is 0 Å². The lowest BCUT2D eigenvalue weighted by molar-refractivity contribution is 0.0854. The number of ketones is 1. The molecule has 6 heteroatoms. The Labute approximate surface area is 180 Å². The monoisotopic (exact) mass is 422 g/mol. The number of rotatable bonds is 8. The maximum Gasteiger partial charge on any atom is 0.240 e. The standard InChI is InChI=1S/C24H30N2O3Si/c1-18(27)23-25-21(16-26(23)17-28-5)22(24(2,3)4)29-30(19-12-8-6-9-13-19)20-14-10-7-11-15-20/h6-16,22,30H,17H2,1-5H3. The van der Waals surface area contributed by atoms with Crippen molar-refractivity contribution >= 4 is 25.2 Å². The molecular formula is C24H30N2O3Si. The van der Waals surface area contributed by atoms with Crippen molar-refractivity contribution in [2.75, 3.05) is 7.11 Å². The van der Waals surface area contributed by atoms with Crippen LogP contribution in [-0.2, 0) is 15.9 Å². The molecule has 5 nitrogen and oxygen atoms in total. The molecule has 158 valence electrons. The van der Waals surface area contributed by atoms with E-state index in [4.69, 9.17) is 9.16 Å². The highest BCUT2D eigenvalue weighted by atomic mass is 28.3. The fraction of sp³-hybridized carbons (Fsp3) is 0.333. The molecule has 1 atom stereocenters. The van der Waals surface area contributed by atoms with Crippen LogP contribution in [0.15, 0.2) is 66.9 Å². The van der Waals surface area contributed by atoms with Crippen molar-refractivity contribution in [1.29, 1.82) is 0 Å². The van der Waals surface area contributed by atoms with Gasteiger partial charge in [-0.25, -0.2) is 4.98 Å². The molecule has 0 saturated carbocycles. The second kappa shape index (κ2) is 9.51. The highest BCUT2D eigenvalue weighted by Crippen LogP contribution is 2.36. The number of nitrogens with zero attached hydrogens (tertiary/aromatic N) is 2. The molecule has 1 unspecified atom stereocenters. The van der Waals surface area contributed by atoms with E-state index in [0.717, 1.165) is 5.69 Å². The number of hydrogen-bond acceptors (Lipinski definition) is 4. The number of ether oxygens (including phenoxy) is 1. The Morgan fingerprint density at radius 2 is 1.57 bits per heavy atom. The molecule has 2 aromatic carbocycles. The smallest absolute Gasteiger partial charge is 0.240 e. The van der Waals surface area contributed by atoms with E-state index in [1.54, 1.807) is 11.7 Å². The summed E-state index contributed by atoms with van der Waals surface area (Å²) in [6.07, 6.45) is 1.61. The first kappa shape index (κ1) is 22.1. The number of hydrogen-bond donors (Lipinski definition) is 0. The molecule has 3 rings (SSSR count). The van der Waals surface area contributed by atoms with Gasteiger partial charge in [0.1, 0.15) is 6.73 Å². The Bertz CT molecular complexity index is 926. The predicted octanol–water partition coefficient (Wildman–Crippen LogP) is 3.33. The molecule has 0 bridgehead atoms. The van der Waals surface area contributed by atoms with Crippen molar-refractivity contribution in [2.24, 2.45) is 5.41 Å². The van der Waals surface area contributed by atoms with Gasteiger partial charge in [-0.05, 0) is 15.8 Å². The van der Waals surface area contributed by atoms with E-state index in [1.807, 2.05) is 18.3 Å². The number of aromatic nitrogens is 2. The summed E-state index contributed by atoms with van der Waals surface area (Å²) < 4.78 is 13.9. The van der Waals surface area contributed by atoms with E-state index in [-0.39, 0.29) is 24.0 Å². The summed E-state index contributed by atoms with van der Waals surface area (Å²) in [5, 5.41) is 2.42. The van der Waals surface area contributed by atoms with Crippen molar-refractivity contribution in [3.8, 4) is 0 Å². The molecule has 0 saturated heterocycles. The minimum Gasteiger partial charge on any atom is -0.402 e. The number of imidazole rings is 1. The van der Waals surface area contributed by atoms with E-state index < -0.39 is 9.04 Å². The third-order valence-electron chi connectivity index (χ3n) is 4.91. The fourth-order valence-electron chi connectivity index (χ4n) is 3.54. The van der Waals surface area contributed by atoms with E-state index in [2.05, 4.69) is 74.3 Å². The summed E-state index contributed by atoms with van der Waals surface area (Å²) >= 11 is 0. The van der Waals surface area contributed by atoms with Gasteiger partial charge in [0.05, 0.1) is 11.8 Å². The van der Waals surface area contributed by atoms with Crippen LogP contribution in [0.1, 0.15) is 50.1 Å². The van der Waals surface area contributed by atoms with Crippen molar-refractivity contribution in [3.63, 3.8) is 0 Å². The number of Topliss-reactive ketones (excluding diaryl/α,β-unsaturated/α-hetero) is 1. The number of carbonyl (C=O) groups is 1. The maximum atomic E-state index is 12.1. The van der Waals surface area contributed by atoms with Gasteiger partial charge in [0.25, 0.3) is 0 Å². The largest absolute Gasteiger partial charge is 0.402 e. The topological polar surface area (TPSA) is 53.4 Å². The third-order valence-corrected chi connectivity index (χ3v) is 7.44. The molecule has 0 amide bonds. The average molecular weight is 423 g/mol. The first-order valence-electron chi connectivity index (χ1n) is 10.1. The van der Waals surface area contributed by atoms with Crippen molar-refractivity contribution < 1.29 is 14.0 Å². The lowest BCUT2D eigenvalue weighted by Crippen LogP contribution is -2.47. The molecule has 0 radical (unpaired) electrons. The van der Waals surface area contributed by atoms with Gasteiger partial charge in [-0.2, -0.15) is 0 Å². The van der Waals surface area contributed by atoms with Crippen LogP contribution in [0.4, 0.5) is 0 Å². The SMILES string of the molecule is COCn1cc(C(O[SiH](c2ccccc2)c2ccccc2)C(C)(C)C)nc1C(C)=O. The van der Waals surface area contributed by atoms with Crippen LogP contribution in [0.5, 0.6) is 0 Å². The second-order valence-electron chi connectivity index (χ2n) is 8.52. The molecule has 1 aromatic heterocycles. The second-order valence-corrected chi connectivity index (χ2v) is 10.9. The van der Waals surface area contributed by atoms with Crippen molar-refractivity contribution in [1.82, 2.24) is 9.55 Å². The number of methoxy groups -OCH3 is 1. The average Bonchev–Trinajstić information content (AvgIpc) is 3.13. The quantitative estimate of drug-likeness (QED) is 0.413. The van der Waals surface area contributed by atoms with Gasteiger partial charge in [0, 0.05) is 20.2 Å². The predicted molar refractivity (Wildman–Crippen MR) is 122 cm³/mol. The number of benzene rings is 2. The maximum absolute atomic E-state index is 12.1. The summed E-state index contributed by atoms with van der Waals surface area (Å²) in [4.78, 5) is 16.8. The Balaban J connectivity index is 2.05. The van der Waals surface area contributed by atoms with Crippen LogP contribution in [0.2, 0.25) is 0 Å². The highest BCUT2D eigenvalue weighted by Gasteiger charge is 2.34. The number of carbonyl (C=O) groups excluding carboxylic acids is 1. The van der Waals surface area contributed by atoms with Crippen LogP contribution in [-0.4, -0.2) is 31.5 Å². The summed E-state index contributed by atoms with van der Waals surface area (Å²) in [6.45, 7) is 8.22. The Morgan fingerprint density at radius 1 is 1.03 bits per heavy atom. The molecule has 0 aliphatic carbocycles. The summed E-state index contributed by atoms with van der Waals surface area (Å²) in [7, 11) is -0.384. The Morgan fingerprint density at radius 3 is 2.00 bits per heavy atom. The van der Waals surface area contributed by atoms with Gasteiger partial charge < -0.3 is 13.7 Å². The fourth-order valence-corrected chi connectivity index (χ4v) is 6.20. The molecule has 0 N–H and O–H groups in total. The minimum atomic E-state index is -1.99. The van der Waals surface area contributed by atoms with Crippen molar-refractivity contribution in [3.05, 3.63) is 78.4 Å². The molecule has 0 spiro atoms. The lowest BCUT2D eigenvalue weighted by atomic mass is 9.87. The van der Waals surface area contributed by atoms with Crippen molar-refractivity contribution in [2.45, 2.75) is 40.5 Å². The van der Waals surface area contributed by atoms with Crippen LogP contribution in [0, 0.1) is 5.41 Å². The molecular weight excluding hydrogens is 392 g/mol. The lowest BCUT2D eigenvalue weighted by Gasteiger charge is -2.33. The van der Waals surface area contributed by atoms with Gasteiger partial charge in [-0.1, -0.05) is 81.4 Å². The van der Waals surface area contributed by atoms with Gasteiger partial charge in [-0.15, -0.1) is 0 Å². The van der Waals surface area contributed by atoms with Gasteiger partial charge in [0.2, 0.25) is 9.04 Å². The van der Waals surface area contributed by atoms with E-state index in [0.29, 0.717) is 5.82 Å². The highest BCUT2D eigenvalue weighted by molar-refractivity contribution is 6.80. The van der Waals surface area contributed by atoms with Gasteiger partial charge in [-0.3, -0.25) is 4.79 Å². The summed E-state index contributed by atoms with van der Waals surface area (Å²) in [5.74, 6) is 0.299. The normalized spacial score (nSPS) is 12.9. The molecule has 30 heavy (non-hydrogen) atoms. The van der Waals surface area contributed by atoms with Gasteiger partial charge in [0.15, 0.2) is 11.6 Å². The zero-order valence-corrected chi connectivity index (χ0v) is 19.5. The van der Waals surface area contributed by atoms with Gasteiger partial charge >= 0.3 is 0 Å². The first-order valence-corrected chi connectivity index (χ1v) is 11.8. The molecule has 0 aliphatic rings.